The number of imide groups is 1. The maximum Gasteiger partial charge on any atom is 0.407 e. The predicted molar refractivity (Wildman–Crippen MR) is 112 cm³/mol. The number of nitrogens with one attached hydrogen (secondary N) is 1. The normalized spacial score (nSPS) is 26.7. The second-order valence-corrected chi connectivity index (χ2v) is 9.90. The topological polar surface area (TPSA) is 107 Å². The lowest BCUT2D eigenvalue weighted by molar-refractivity contribution is -0.136. The van der Waals surface area contributed by atoms with Gasteiger partial charge in [-0.05, 0) is 47.8 Å². The van der Waals surface area contributed by atoms with Crippen molar-refractivity contribution < 1.29 is 24.3 Å². The molecular formula is C23H29N3O5. The number of rotatable bonds is 2. The van der Waals surface area contributed by atoms with Gasteiger partial charge >= 0.3 is 6.09 Å². The summed E-state index contributed by atoms with van der Waals surface area (Å²) in [5.74, 6) is -0.672. The van der Waals surface area contributed by atoms with Crippen LogP contribution in [0, 0.1) is 5.41 Å². The molecule has 0 aromatic heterocycles. The standard InChI is InChI=1S/C23H29N3O5/c1-23(2,3)18-11-14(8-9-25(18)22(30)31)13-4-5-16-15(10-13)12-26(21(16)29)17-6-7-19(27)24-20(17)28/h4-5,10,14,17-18H,6-9,11-12H2,1-3H3,(H,30,31)(H,24,27,28). The van der Waals surface area contributed by atoms with E-state index in [-0.39, 0.29) is 35.6 Å². The van der Waals surface area contributed by atoms with Gasteiger partial charge in [-0.2, -0.15) is 0 Å². The van der Waals surface area contributed by atoms with Crippen LogP contribution < -0.4 is 5.32 Å². The molecule has 1 aromatic rings. The molecule has 8 nitrogen and oxygen atoms in total. The molecule has 2 saturated heterocycles. The van der Waals surface area contributed by atoms with Crippen molar-refractivity contribution >= 4 is 23.8 Å². The predicted octanol–water partition coefficient (Wildman–Crippen LogP) is 2.72. The van der Waals surface area contributed by atoms with Gasteiger partial charge in [0.1, 0.15) is 6.04 Å². The van der Waals surface area contributed by atoms with Gasteiger partial charge in [-0.15, -0.1) is 0 Å². The zero-order chi connectivity index (χ0) is 22.5. The molecule has 0 radical (unpaired) electrons. The number of likely N-dealkylation sites (tertiary alicyclic amines) is 1. The van der Waals surface area contributed by atoms with Crippen LogP contribution in [0.3, 0.4) is 0 Å². The van der Waals surface area contributed by atoms with E-state index in [1.54, 1.807) is 9.80 Å². The summed E-state index contributed by atoms with van der Waals surface area (Å²) in [6.07, 6.45) is 1.18. The number of carbonyl (C=O) groups excluding carboxylic acids is 3. The minimum Gasteiger partial charge on any atom is -0.465 e. The van der Waals surface area contributed by atoms with E-state index < -0.39 is 18.0 Å². The number of carboxylic acid groups (broad SMARTS) is 1. The number of hydrogen-bond donors (Lipinski definition) is 2. The van der Waals surface area contributed by atoms with Crippen LogP contribution in [-0.4, -0.2) is 57.3 Å². The van der Waals surface area contributed by atoms with Crippen LogP contribution in [-0.2, 0) is 16.1 Å². The van der Waals surface area contributed by atoms with Gasteiger partial charge in [-0.25, -0.2) is 4.79 Å². The molecule has 166 valence electrons. The summed E-state index contributed by atoms with van der Waals surface area (Å²) in [7, 11) is 0. The van der Waals surface area contributed by atoms with E-state index >= 15 is 0 Å². The summed E-state index contributed by atoms with van der Waals surface area (Å²) in [5.41, 5.74) is 2.42. The number of nitrogens with zero attached hydrogens (tertiary/aromatic N) is 2. The van der Waals surface area contributed by atoms with Crippen LogP contribution in [0.2, 0.25) is 0 Å². The first-order chi connectivity index (χ1) is 14.6. The first-order valence-electron chi connectivity index (χ1n) is 10.8. The molecule has 4 amide bonds. The maximum absolute atomic E-state index is 12.9. The summed E-state index contributed by atoms with van der Waals surface area (Å²) >= 11 is 0. The van der Waals surface area contributed by atoms with Crippen LogP contribution in [0.25, 0.3) is 0 Å². The van der Waals surface area contributed by atoms with Gasteiger partial charge < -0.3 is 14.9 Å². The van der Waals surface area contributed by atoms with Crippen molar-refractivity contribution in [2.45, 2.75) is 71.0 Å². The lowest BCUT2D eigenvalue weighted by Gasteiger charge is -2.44. The third-order valence-corrected chi connectivity index (χ3v) is 6.87. The van der Waals surface area contributed by atoms with Crippen LogP contribution >= 0.6 is 0 Å². The van der Waals surface area contributed by atoms with Gasteiger partial charge in [0.25, 0.3) is 5.91 Å². The fraction of sp³-hybridized carbons (Fsp3) is 0.565. The Kier molecular flexibility index (Phi) is 5.27. The number of amides is 4. The Morgan fingerprint density at radius 2 is 1.90 bits per heavy atom. The molecule has 0 bridgehead atoms. The molecule has 3 unspecified atom stereocenters. The highest BCUT2D eigenvalue weighted by atomic mass is 16.4. The summed E-state index contributed by atoms with van der Waals surface area (Å²) in [5, 5.41) is 11.9. The van der Waals surface area contributed by atoms with Gasteiger partial charge in [0.05, 0.1) is 0 Å². The van der Waals surface area contributed by atoms with Crippen molar-refractivity contribution in [2.24, 2.45) is 5.41 Å². The highest BCUT2D eigenvalue weighted by Gasteiger charge is 2.41. The van der Waals surface area contributed by atoms with E-state index in [0.29, 0.717) is 25.1 Å². The third kappa shape index (κ3) is 3.91. The van der Waals surface area contributed by atoms with Gasteiger partial charge in [0, 0.05) is 31.1 Å². The summed E-state index contributed by atoms with van der Waals surface area (Å²) < 4.78 is 0. The van der Waals surface area contributed by atoms with Crippen molar-refractivity contribution in [3.8, 4) is 0 Å². The zero-order valence-electron chi connectivity index (χ0n) is 18.2. The Morgan fingerprint density at radius 1 is 1.16 bits per heavy atom. The third-order valence-electron chi connectivity index (χ3n) is 6.87. The average molecular weight is 428 g/mol. The fourth-order valence-corrected chi connectivity index (χ4v) is 5.17. The van der Waals surface area contributed by atoms with Crippen molar-refractivity contribution in [3.63, 3.8) is 0 Å². The molecule has 3 atom stereocenters. The molecule has 31 heavy (non-hydrogen) atoms. The Bertz CT molecular complexity index is 951. The molecule has 4 rings (SSSR count). The summed E-state index contributed by atoms with van der Waals surface area (Å²) in [4.78, 5) is 51.4. The van der Waals surface area contributed by atoms with Crippen molar-refractivity contribution in [3.05, 3.63) is 34.9 Å². The Hall–Kier alpha value is -2.90. The van der Waals surface area contributed by atoms with E-state index in [1.807, 2.05) is 18.2 Å². The van der Waals surface area contributed by atoms with E-state index in [4.69, 9.17) is 0 Å². The molecule has 3 heterocycles. The first-order valence-corrected chi connectivity index (χ1v) is 10.8. The largest absolute Gasteiger partial charge is 0.465 e. The van der Waals surface area contributed by atoms with Crippen LogP contribution in [0.4, 0.5) is 4.79 Å². The number of carbonyl (C=O) groups is 4. The van der Waals surface area contributed by atoms with Crippen LogP contribution in [0.5, 0.6) is 0 Å². The molecular weight excluding hydrogens is 398 g/mol. The van der Waals surface area contributed by atoms with E-state index in [9.17, 15) is 24.3 Å². The Labute approximate surface area is 181 Å². The lowest BCUT2D eigenvalue weighted by Crippen LogP contribution is -2.52. The lowest BCUT2D eigenvalue weighted by atomic mass is 9.75. The molecule has 1 aromatic carbocycles. The van der Waals surface area contributed by atoms with Gasteiger partial charge in [0.2, 0.25) is 11.8 Å². The summed E-state index contributed by atoms with van der Waals surface area (Å²) in [6.45, 7) is 7.03. The molecule has 3 aliphatic rings. The second-order valence-electron chi connectivity index (χ2n) is 9.90. The number of benzene rings is 1. The Balaban J connectivity index is 1.54. The highest BCUT2D eigenvalue weighted by Crippen LogP contribution is 2.40. The molecule has 3 aliphatic heterocycles. The average Bonchev–Trinajstić information content (AvgIpc) is 3.02. The molecule has 8 heteroatoms. The molecule has 0 saturated carbocycles. The minimum absolute atomic E-state index is 0.0846. The summed E-state index contributed by atoms with van der Waals surface area (Å²) in [6, 6.07) is 5.13. The second kappa shape index (κ2) is 7.66. The minimum atomic E-state index is -0.877. The Morgan fingerprint density at radius 3 is 2.55 bits per heavy atom. The SMILES string of the molecule is CC(C)(C)C1CC(c2ccc3c(c2)CN(C2CCC(=O)NC2=O)C3=O)CCN1C(=O)O. The fourth-order valence-electron chi connectivity index (χ4n) is 5.17. The van der Waals surface area contributed by atoms with Crippen molar-refractivity contribution in [1.82, 2.24) is 15.1 Å². The highest BCUT2D eigenvalue weighted by molar-refractivity contribution is 6.05. The number of fused-ring (bicyclic) bond motifs is 1. The van der Waals surface area contributed by atoms with Gasteiger partial charge in [-0.1, -0.05) is 32.9 Å². The van der Waals surface area contributed by atoms with E-state index in [0.717, 1.165) is 24.0 Å². The quantitative estimate of drug-likeness (QED) is 0.706. The van der Waals surface area contributed by atoms with E-state index in [1.165, 1.54) is 0 Å². The monoisotopic (exact) mass is 427 g/mol. The molecule has 0 spiro atoms. The van der Waals surface area contributed by atoms with E-state index in [2.05, 4.69) is 26.1 Å². The van der Waals surface area contributed by atoms with Gasteiger partial charge in [0.15, 0.2) is 0 Å². The van der Waals surface area contributed by atoms with Crippen molar-refractivity contribution in [2.75, 3.05) is 6.54 Å². The molecule has 0 aliphatic carbocycles. The van der Waals surface area contributed by atoms with Crippen LogP contribution in [0.1, 0.15) is 73.9 Å². The zero-order valence-corrected chi connectivity index (χ0v) is 18.2. The first kappa shape index (κ1) is 21.3. The van der Waals surface area contributed by atoms with Gasteiger partial charge in [-0.3, -0.25) is 19.7 Å². The van der Waals surface area contributed by atoms with Crippen LogP contribution in [0.15, 0.2) is 18.2 Å². The molecule has 2 fully saturated rings. The molecule has 2 N–H and O–H groups in total. The number of hydrogen-bond acceptors (Lipinski definition) is 4. The maximum atomic E-state index is 12.9. The smallest absolute Gasteiger partial charge is 0.407 e. The number of piperidine rings is 2. The van der Waals surface area contributed by atoms with Crippen molar-refractivity contribution in [1.29, 1.82) is 0 Å².